The minimum atomic E-state index is -0.889. The number of likely N-dealkylation sites (N-methyl/N-ethyl adjacent to an activating group) is 1. The lowest BCUT2D eigenvalue weighted by atomic mass is 10.0. The summed E-state index contributed by atoms with van der Waals surface area (Å²) >= 11 is 1.38. The number of nitrogens with one attached hydrogen (secondary N) is 2. The molecule has 1 atom stereocenters. The fourth-order valence-electron chi connectivity index (χ4n) is 4.57. The van der Waals surface area contributed by atoms with Crippen LogP contribution in [0, 0.1) is 5.41 Å². The molecule has 6 nitrogen and oxygen atoms in total. The molecule has 0 fully saturated rings. The number of carbonyl (C=O) groups excluding carboxylic acids is 2. The summed E-state index contributed by atoms with van der Waals surface area (Å²) in [7, 11) is 0. The summed E-state index contributed by atoms with van der Waals surface area (Å²) in [5, 5.41) is 12.1. The highest BCUT2D eigenvalue weighted by Crippen LogP contribution is 2.37. The van der Waals surface area contributed by atoms with E-state index in [0.717, 1.165) is 22.4 Å². The molecule has 35 heavy (non-hydrogen) atoms. The molecule has 1 aromatic heterocycles. The Morgan fingerprint density at radius 1 is 1.17 bits per heavy atom. The van der Waals surface area contributed by atoms with E-state index >= 15 is 0 Å². The molecule has 4 N–H and O–H groups in total. The summed E-state index contributed by atoms with van der Waals surface area (Å²) < 4.78 is 13.4. The van der Waals surface area contributed by atoms with Crippen LogP contribution < -0.4 is 11.1 Å². The molecule has 1 unspecified atom stereocenters. The lowest BCUT2D eigenvalue weighted by Gasteiger charge is -2.29. The van der Waals surface area contributed by atoms with Crippen LogP contribution in [-0.2, 0) is 29.0 Å². The average Bonchev–Trinajstić information content (AvgIpc) is 3.47. The third-order valence-corrected chi connectivity index (χ3v) is 7.28. The number of hydrogen-bond acceptors (Lipinski definition) is 4. The van der Waals surface area contributed by atoms with Gasteiger partial charge in [0.1, 0.15) is 11.9 Å². The van der Waals surface area contributed by atoms with Crippen LogP contribution in [0.5, 0.6) is 0 Å². The number of thiophene rings is 1. The number of rotatable bonds is 10. The maximum atomic E-state index is 13.4. The van der Waals surface area contributed by atoms with Crippen molar-refractivity contribution < 1.29 is 14.0 Å². The number of alkyl halides is 1. The lowest BCUT2D eigenvalue weighted by molar-refractivity contribution is -0.140. The van der Waals surface area contributed by atoms with Gasteiger partial charge in [-0.15, -0.1) is 11.3 Å². The molecule has 2 aromatic carbocycles. The molecule has 8 heteroatoms. The molecule has 0 saturated heterocycles. The Hall–Kier alpha value is -3.52. The van der Waals surface area contributed by atoms with Crippen LogP contribution >= 0.6 is 11.3 Å². The molecular weight excluding hydrogens is 463 g/mol. The van der Waals surface area contributed by atoms with Crippen LogP contribution in [0.15, 0.2) is 53.9 Å². The van der Waals surface area contributed by atoms with Gasteiger partial charge in [0, 0.05) is 28.8 Å². The summed E-state index contributed by atoms with van der Waals surface area (Å²) in [4.78, 5) is 28.5. The first-order valence-electron chi connectivity index (χ1n) is 11.7. The molecule has 0 bridgehead atoms. The predicted octanol–water partition coefficient (Wildman–Crippen LogP) is 4.04. The number of hydrogen-bond donors (Lipinski definition) is 3. The number of amides is 2. The van der Waals surface area contributed by atoms with Crippen LogP contribution in [0.1, 0.15) is 40.5 Å². The van der Waals surface area contributed by atoms with Crippen molar-refractivity contribution in [2.75, 3.05) is 13.2 Å². The van der Waals surface area contributed by atoms with E-state index in [4.69, 9.17) is 11.1 Å². The topological polar surface area (TPSA) is 99.3 Å². The van der Waals surface area contributed by atoms with Gasteiger partial charge in [0.15, 0.2) is 0 Å². The SMILES string of the molecule is CCN(C(=O)Cc1ccc2c(c1)-c1ccccc1C2)C(CCF)C(=O)NCc1cc(C(=N)N)cs1. The highest BCUT2D eigenvalue weighted by atomic mass is 32.1. The molecule has 1 aliphatic carbocycles. The van der Waals surface area contributed by atoms with Crippen molar-refractivity contribution >= 4 is 29.0 Å². The van der Waals surface area contributed by atoms with Crippen LogP contribution in [0.4, 0.5) is 4.39 Å². The molecule has 4 rings (SSSR count). The molecule has 182 valence electrons. The fraction of sp³-hybridized carbons (Fsp3) is 0.296. The zero-order valence-corrected chi connectivity index (χ0v) is 20.5. The first kappa shape index (κ1) is 24.6. The molecule has 0 radical (unpaired) electrons. The number of halogens is 1. The summed E-state index contributed by atoms with van der Waals surface area (Å²) in [6, 6.07) is 15.2. The fourth-order valence-corrected chi connectivity index (χ4v) is 5.39. The van der Waals surface area contributed by atoms with E-state index < -0.39 is 18.6 Å². The standard InChI is InChI=1S/C27H29FN4O2S/c1-2-32(24(9-10-28)27(34)31-15-21-14-20(16-35-21)26(29)30)25(33)12-17-7-8-19-13-18-5-3-4-6-22(18)23(19)11-17/h3-8,11,14,16,24H,2,9-10,12-13,15H2,1H3,(H3,29,30)(H,31,34). The van der Waals surface area contributed by atoms with Gasteiger partial charge < -0.3 is 16.0 Å². The number of fused-ring (bicyclic) bond motifs is 3. The largest absolute Gasteiger partial charge is 0.384 e. The van der Waals surface area contributed by atoms with Gasteiger partial charge in [-0.2, -0.15) is 0 Å². The van der Waals surface area contributed by atoms with Crippen molar-refractivity contribution in [2.24, 2.45) is 5.73 Å². The number of nitrogens with two attached hydrogens (primary N) is 1. The summed E-state index contributed by atoms with van der Waals surface area (Å²) in [5.74, 6) is -0.632. The van der Waals surface area contributed by atoms with E-state index in [2.05, 4.69) is 29.6 Å². The summed E-state index contributed by atoms with van der Waals surface area (Å²) in [5.41, 5.74) is 11.8. The smallest absolute Gasteiger partial charge is 0.243 e. The Morgan fingerprint density at radius 3 is 2.66 bits per heavy atom. The molecule has 0 spiro atoms. The van der Waals surface area contributed by atoms with Gasteiger partial charge in [-0.3, -0.25) is 19.4 Å². The van der Waals surface area contributed by atoms with E-state index in [0.29, 0.717) is 12.1 Å². The Labute approximate surface area is 208 Å². The van der Waals surface area contributed by atoms with Gasteiger partial charge in [-0.05, 0) is 47.2 Å². The Balaban J connectivity index is 1.45. The minimum Gasteiger partial charge on any atom is -0.384 e. The maximum absolute atomic E-state index is 13.4. The summed E-state index contributed by atoms with van der Waals surface area (Å²) in [6.07, 6.45) is 0.968. The predicted molar refractivity (Wildman–Crippen MR) is 137 cm³/mol. The van der Waals surface area contributed by atoms with Crippen molar-refractivity contribution in [1.82, 2.24) is 10.2 Å². The number of benzene rings is 2. The molecule has 3 aromatic rings. The monoisotopic (exact) mass is 492 g/mol. The van der Waals surface area contributed by atoms with E-state index in [1.54, 1.807) is 18.4 Å². The highest BCUT2D eigenvalue weighted by Gasteiger charge is 2.29. The van der Waals surface area contributed by atoms with Crippen LogP contribution in [0.25, 0.3) is 11.1 Å². The number of amidine groups is 1. The first-order valence-corrected chi connectivity index (χ1v) is 12.5. The van der Waals surface area contributed by atoms with Crippen LogP contribution in [0.2, 0.25) is 0 Å². The van der Waals surface area contributed by atoms with Crippen molar-refractivity contribution in [3.63, 3.8) is 0 Å². The number of nitrogen functional groups attached to an aromatic ring is 1. The third-order valence-electron chi connectivity index (χ3n) is 6.34. The molecule has 1 aliphatic rings. The van der Waals surface area contributed by atoms with Gasteiger partial charge >= 0.3 is 0 Å². The zero-order chi connectivity index (χ0) is 24.9. The second-order valence-corrected chi connectivity index (χ2v) is 9.60. The van der Waals surface area contributed by atoms with E-state index in [1.165, 1.54) is 32.9 Å². The van der Waals surface area contributed by atoms with Gasteiger partial charge in [0.25, 0.3) is 0 Å². The van der Waals surface area contributed by atoms with Gasteiger partial charge in [0.2, 0.25) is 11.8 Å². The molecular formula is C27H29FN4O2S. The Bertz CT molecular complexity index is 1260. The Kier molecular flexibility index (Phi) is 7.60. The molecule has 2 amide bonds. The number of nitrogens with zero attached hydrogens (tertiary/aromatic N) is 1. The molecule has 1 heterocycles. The minimum absolute atomic E-state index is 0.0352. The highest BCUT2D eigenvalue weighted by molar-refractivity contribution is 7.10. The normalized spacial score (nSPS) is 12.5. The van der Waals surface area contributed by atoms with E-state index in [9.17, 15) is 14.0 Å². The second kappa shape index (κ2) is 10.8. The van der Waals surface area contributed by atoms with Gasteiger partial charge in [0.05, 0.1) is 19.6 Å². The van der Waals surface area contributed by atoms with Crippen molar-refractivity contribution in [2.45, 2.75) is 38.8 Å². The van der Waals surface area contributed by atoms with Gasteiger partial charge in [-0.25, -0.2) is 0 Å². The third kappa shape index (κ3) is 5.43. The summed E-state index contributed by atoms with van der Waals surface area (Å²) in [6.45, 7) is 1.63. The quantitative estimate of drug-likeness (QED) is 0.230. The van der Waals surface area contributed by atoms with Crippen LogP contribution in [0.3, 0.4) is 0 Å². The van der Waals surface area contributed by atoms with Crippen molar-refractivity contribution in [3.8, 4) is 11.1 Å². The van der Waals surface area contributed by atoms with Gasteiger partial charge in [-0.1, -0.05) is 42.5 Å². The van der Waals surface area contributed by atoms with Crippen molar-refractivity contribution in [1.29, 1.82) is 5.41 Å². The molecule has 0 aliphatic heterocycles. The van der Waals surface area contributed by atoms with E-state index in [-0.39, 0.29) is 31.1 Å². The first-order chi connectivity index (χ1) is 16.9. The number of carbonyl (C=O) groups is 2. The van der Waals surface area contributed by atoms with E-state index in [1.807, 2.05) is 18.2 Å². The second-order valence-electron chi connectivity index (χ2n) is 8.61. The maximum Gasteiger partial charge on any atom is 0.243 e. The van der Waals surface area contributed by atoms with Crippen molar-refractivity contribution in [3.05, 3.63) is 81.0 Å². The zero-order valence-electron chi connectivity index (χ0n) is 19.6. The Morgan fingerprint density at radius 2 is 1.94 bits per heavy atom. The lowest BCUT2D eigenvalue weighted by Crippen LogP contribution is -2.50. The van der Waals surface area contributed by atoms with Crippen LogP contribution in [-0.4, -0.2) is 41.8 Å². The average molecular weight is 493 g/mol. The molecule has 0 saturated carbocycles.